The highest BCUT2D eigenvalue weighted by Gasteiger charge is 2.30. The molecule has 0 saturated carbocycles. The molecule has 1 unspecified atom stereocenters. The number of nitrogens with one attached hydrogen (secondary N) is 1. The maximum Gasteiger partial charge on any atom is 0.407 e. The maximum absolute atomic E-state index is 12.3. The number of carbonyl (C=O) groups excluding carboxylic acids is 2. The summed E-state index contributed by atoms with van der Waals surface area (Å²) in [5, 5.41) is 11.6. The Balaban J connectivity index is 1.42. The molecule has 0 spiro atoms. The molecule has 1 aromatic heterocycles. The zero-order valence-corrected chi connectivity index (χ0v) is 15.9. The molecule has 0 fully saturated rings. The van der Waals surface area contributed by atoms with Gasteiger partial charge in [0.25, 0.3) is 0 Å². The molecule has 0 aliphatic heterocycles. The fraction of sp³-hybridized carbons (Fsp3) is 0.174. The highest BCUT2D eigenvalue weighted by atomic mass is 16.5. The Morgan fingerprint density at radius 3 is 2.17 bits per heavy atom. The van der Waals surface area contributed by atoms with Crippen molar-refractivity contribution in [2.24, 2.45) is 0 Å². The van der Waals surface area contributed by atoms with Gasteiger partial charge in [-0.05, 0) is 34.4 Å². The van der Waals surface area contributed by atoms with Gasteiger partial charge < -0.3 is 19.6 Å². The molecule has 1 aliphatic rings. The van der Waals surface area contributed by atoms with E-state index < -0.39 is 30.3 Å². The second-order valence-electron chi connectivity index (χ2n) is 6.97. The Morgan fingerprint density at radius 1 is 0.967 bits per heavy atom. The van der Waals surface area contributed by atoms with Gasteiger partial charge in [0.1, 0.15) is 12.6 Å². The van der Waals surface area contributed by atoms with Crippen molar-refractivity contribution >= 4 is 17.8 Å². The number of hydrogen-bond donors (Lipinski definition) is 2. The number of carboxylic acids is 1. The van der Waals surface area contributed by atoms with Gasteiger partial charge in [-0.3, -0.25) is 4.79 Å². The first-order valence-electron chi connectivity index (χ1n) is 9.45. The van der Waals surface area contributed by atoms with E-state index in [1.807, 2.05) is 48.5 Å². The lowest BCUT2D eigenvalue weighted by molar-refractivity contribution is -0.139. The Hall–Kier alpha value is -3.87. The normalized spacial score (nSPS) is 13.2. The molecule has 3 aromatic rings. The van der Waals surface area contributed by atoms with Crippen molar-refractivity contribution in [3.63, 3.8) is 0 Å². The average molecular weight is 405 g/mol. The van der Waals surface area contributed by atoms with Gasteiger partial charge in [-0.15, -0.1) is 0 Å². The smallest absolute Gasteiger partial charge is 0.407 e. The molecule has 0 radical (unpaired) electrons. The van der Waals surface area contributed by atoms with Crippen molar-refractivity contribution in [2.45, 2.75) is 18.4 Å². The molecular weight excluding hydrogens is 386 g/mol. The summed E-state index contributed by atoms with van der Waals surface area (Å²) in [6.07, 6.45) is -0.00817. The third kappa shape index (κ3) is 3.82. The standard InChI is InChI=1S/C23H19NO6/c25-20(21-10-5-11-29-21)12-19(22(26)27)24-23(28)30-13-18-16-8-3-1-6-14(16)15-7-2-4-9-17(15)18/h1-11,18-19H,12-13H2,(H,24,28)(H,26,27). The predicted octanol–water partition coefficient (Wildman–Crippen LogP) is 3.84. The molecular formula is C23H19NO6. The molecule has 4 rings (SSSR count). The second-order valence-corrected chi connectivity index (χ2v) is 6.97. The Labute approximate surface area is 172 Å². The molecule has 152 valence electrons. The average Bonchev–Trinajstić information content (AvgIpc) is 3.39. The van der Waals surface area contributed by atoms with E-state index in [4.69, 9.17) is 9.15 Å². The molecule has 1 aliphatic carbocycles. The molecule has 30 heavy (non-hydrogen) atoms. The number of ketones is 1. The summed E-state index contributed by atoms with van der Waals surface area (Å²) in [5.41, 5.74) is 4.28. The Kier molecular flexibility index (Phi) is 5.34. The molecule has 7 heteroatoms. The van der Waals surface area contributed by atoms with Gasteiger partial charge in [-0.2, -0.15) is 0 Å². The van der Waals surface area contributed by atoms with Crippen LogP contribution in [0, 0.1) is 0 Å². The highest BCUT2D eigenvalue weighted by Crippen LogP contribution is 2.44. The Bertz CT molecular complexity index is 1040. The first-order valence-corrected chi connectivity index (χ1v) is 9.45. The summed E-state index contributed by atoms with van der Waals surface area (Å²) in [6, 6.07) is 17.3. The van der Waals surface area contributed by atoms with Crippen molar-refractivity contribution in [3.8, 4) is 11.1 Å². The minimum absolute atomic E-state index is 0.0376. The number of amides is 1. The number of fused-ring (bicyclic) bond motifs is 3. The summed E-state index contributed by atoms with van der Waals surface area (Å²) in [5.74, 6) is -1.96. The quantitative estimate of drug-likeness (QED) is 0.579. The lowest BCUT2D eigenvalue weighted by atomic mass is 9.98. The molecule has 0 bridgehead atoms. The van der Waals surface area contributed by atoms with E-state index in [0.717, 1.165) is 22.3 Å². The second kappa shape index (κ2) is 8.24. The van der Waals surface area contributed by atoms with Crippen molar-refractivity contribution in [2.75, 3.05) is 6.61 Å². The first kappa shape index (κ1) is 19.4. The number of furan rings is 1. The van der Waals surface area contributed by atoms with Crippen LogP contribution in [0.2, 0.25) is 0 Å². The van der Waals surface area contributed by atoms with Crippen molar-refractivity contribution in [3.05, 3.63) is 83.8 Å². The summed E-state index contributed by atoms with van der Waals surface area (Å²) in [4.78, 5) is 35.8. The number of benzene rings is 2. The van der Waals surface area contributed by atoms with Gasteiger partial charge in [0, 0.05) is 12.3 Å². The summed E-state index contributed by atoms with van der Waals surface area (Å²) in [6.45, 7) is 0.0539. The third-order valence-corrected chi connectivity index (χ3v) is 5.12. The molecule has 1 amide bonds. The predicted molar refractivity (Wildman–Crippen MR) is 107 cm³/mol. The van der Waals surface area contributed by atoms with Crippen LogP contribution in [0.3, 0.4) is 0 Å². The summed E-state index contributed by atoms with van der Waals surface area (Å²) in [7, 11) is 0. The maximum atomic E-state index is 12.3. The molecule has 0 saturated heterocycles. The van der Waals surface area contributed by atoms with Gasteiger partial charge in [-0.25, -0.2) is 9.59 Å². The minimum Gasteiger partial charge on any atom is -0.480 e. The number of aliphatic carboxylic acids is 1. The molecule has 2 N–H and O–H groups in total. The number of carboxylic acid groups (broad SMARTS) is 1. The number of ether oxygens (including phenoxy) is 1. The van der Waals surface area contributed by atoms with Crippen LogP contribution in [-0.2, 0) is 9.53 Å². The van der Waals surface area contributed by atoms with Crippen LogP contribution >= 0.6 is 0 Å². The lowest BCUT2D eigenvalue weighted by Gasteiger charge is -2.17. The van der Waals surface area contributed by atoms with Gasteiger partial charge in [0.05, 0.1) is 6.26 Å². The van der Waals surface area contributed by atoms with Crippen LogP contribution in [0.15, 0.2) is 71.3 Å². The summed E-state index contributed by atoms with van der Waals surface area (Å²) >= 11 is 0. The van der Waals surface area contributed by atoms with E-state index in [9.17, 15) is 19.5 Å². The monoisotopic (exact) mass is 405 g/mol. The van der Waals surface area contributed by atoms with Crippen LogP contribution in [0.4, 0.5) is 4.79 Å². The van der Waals surface area contributed by atoms with E-state index in [1.165, 1.54) is 18.4 Å². The van der Waals surface area contributed by atoms with E-state index in [1.54, 1.807) is 0 Å². The first-order chi connectivity index (χ1) is 14.5. The highest BCUT2D eigenvalue weighted by molar-refractivity contribution is 5.97. The van der Waals surface area contributed by atoms with Crippen molar-refractivity contribution < 1.29 is 28.6 Å². The molecule has 1 atom stereocenters. The van der Waals surface area contributed by atoms with Crippen molar-refractivity contribution in [1.29, 1.82) is 0 Å². The number of carbonyl (C=O) groups is 3. The zero-order valence-electron chi connectivity index (χ0n) is 15.9. The lowest BCUT2D eigenvalue weighted by Crippen LogP contribution is -2.42. The van der Waals surface area contributed by atoms with Crippen molar-refractivity contribution in [1.82, 2.24) is 5.32 Å². The number of Topliss-reactive ketones (excluding diaryl/α,β-unsaturated/α-hetero) is 1. The molecule has 1 heterocycles. The molecule has 7 nitrogen and oxygen atoms in total. The zero-order chi connectivity index (χ0) is 21.1. The third-order valence-electron chi connectivity index (χ3n) is 5.12. The van der Waals surface area contributed by atoms with Crippen LogP contribution in [0.5, 0.6) is 0 Å². The van der Waals surface area contributed by atoms with Gasteiger partial charge in [0.15, 0.2) is 5.76 Å². The summed E-state index contributed by atoms with van der Waals surface area (Å²) < 4.78 is 10.3. The van der Waals surface area contributed by atoms with Crippen LogP contribution < -0.4 is 5.32 Å². The van der Waals surface area contributed by atoms with E-state index in [-0.39, 0.29) is 18.3 Å². The Morgan fingerprint density at radius 2 is 1.60 bits per heavy atom. The van der Waals surface area contributed by atoms with E-state index in [0.29, 0.717) is 0 Å². The number of hydrogen-bond acceptors (Lipinski definition) is 5. The topological polar surface area (TPSA) is 106 Å². The fourth-order valence-electron chi connectivity index (χ4n) is 3.71. The largest absolute Gasteiger partial charge is 0.480 e. The fourth-order valence-corrected chi connectivity index (χ4v) is 3.71. The van der Waals surface area contributed by atoms with Crippen LogP contribution in [0.25, 0.3) is 11.1 Å². The van der Waals surface area contributed by atoms with E-state index >= 15 is 0 Å². The molecule has 2 aromatic carbocycles. The SMILES string of the molecule is O=C(NC(CC(=O)c1ccco1)C(=O)O)OCC1c2ccccc2-c2ccccc21. The number of alkyl carbamates (subject to hydrolysis) is 1. The minimum atomic E-state index is -1.42. The van der Waals surface area contributed by atoms with Gasteiger partial charge >= 0.3 is 12.1 Å². The van der Waals surface area contributed by atoms with Crippen LogP contribution in [0.1, 0.15) is 34.0 Å². The van der Waals surface area contributed by atoms with E-state index in [2.05, 4.69) is 5.32 Å². The number of rotatable bonds is 7. The van der Waals surface area contributed by atoms with Gasteiger partial charge in [0.2, 0.25) is 5.78 Å². The van der Waals surface area contributed by atoms with Crippen LogP contribution in [-0.4, -0.2) is 35.6 Å². The van der Waals surface area contributed by atoms with Gasteiger partial charge in [-0.1, -0.05) is 48.5 Å².